The van der Waals surface area contributed by atoms with Crippen molar-refractivity contribution in [2.24, 2.45) is 0 Å². The molecule has 0 aliphatic carbocycles. The molecule has 0 saturated carbocycles. The Bertz CT molecular complexity index is 839. The van der Waals surface area contributed by atoms with Crippen molar-refractivity contribution in [3.63, 3.8) is 0 Å². The fourth-order valence-corrected chi connectivity index (χ4v) is 2.96. The zero-order valence-corrected chi connectivity index (χ0v) is 13.9. The third-order valence-electron chi connectivity index (χ3n) is 3.22. The Kier molecular flexibility index (Phi) is 4.79. The van der Waals surface area contributed by atoms with Gasteiger partial charge in [0.15, 0.2) is 0 Å². The fraction of sp³-hybridized carbons (Fsp3) is 0.118. The first kappa shape index (κ1) is 15.8. The van der Waals surface area contributed by atoms with Crippen LogP contribution in [0.4, 0.5) is 5.82 Å². The smallest absolute Gasteiger partial charge is 0.238 e. The topological polar surface area (TPSA) is 54.9 Å². The van der Waals surface area contributed by atoms with E-state index in [2.05, 4.69) is 15.3 Å². The number of rotatable bonds is 4. The molecule has 0 saturated heterocycles. The summed E-state index contributed by atoms with van der Waals surface area (Å²) in [5, 5.41) is 4.91. The van der Waals surface area contributed by atoms with Crippen LogP contribution in [0.2, 0.25) is 5.02 Å². The molecular weight excluding hydrogens is 330 g/mol. The molecule has 3 aromatic rings. The molecule has 1 N–H and O–H groups in total. The number of pyridine rings is 2. The number of carbonyl (C=O) groups is 1. The van der Waals surface area contributed by atoms with Gasteiger partial charge in [-0.1, -0.05) is 47.6 Å². The van der Waals surface area contributed by atoms with E-state index in [4.69, 9.17) is 11.6 Å². The van der Waals surface area contributed by atoms with Crippen LogP contribution in [-0.4, -0.2) is 21.1 Å². The molecule has 0 fully saturated rings. The number of anilines is 1. The molecular formula is C17H14ClN3OS. The van der Waals surface area contributed by atoms with Gasteiger partial charge in [0, 0.05) is 11.6 Å². The number of para-hydroxylation sites is 1. The number of hydrogen-bond acceptors (Lipinski definition) is 4. The Morgan fingerprint density at radius 1 is 1.17 bits per heavy atom. The number of nitrogens with zero attached hydrogens (tertiary/aromatic N) is 2. The highest BCUT2D eigenvalue weighted by atomic mass is 35.5. The summed E-state index contributed by atoms with van der Waals surface area (Å²) in [6.45, 7) is 1.84. The Balaban J connectivity index is 1.68. The zero-order valence-electron chi connectivity index (χ0n) is 12.4. The molecule has 0 aliphatic rings. The first-order valence-corrected chi connectivity index (χ1v) is 8.32. The molecule has 6 heteroatoms. The number of thioether (sulfide) groups is 1. The second-order valence-corrected chi connectivity index (χ2v) is 6.75. The molecule has 0 bridgehead atoms. The van der Waals surface area contributed by atoms with E-state index < -0.39 is 0 Å². The van der Waals surface area contributed by atoms with Gasteiger partial charge in [-0.25, -0.2) is 9.97 Å². The van der Waals surface area contributed by atoms with E-state index in [1.54, 1.807) is 12.1 Å². The molecule has 0 radical (unpaired) electrons. The molecule has 1 unspecified atom stereocenters. The van der Waals surface area contributed by atoms with Gasteiger partial charge in [0.25, 0.3) is 0 Å². The SMILES string of the molecule is CC(Sc1ccc2ccccc2n1)C(=O)Nc1ccc(Cl)cn1. The van der Waals surface area contributed by atoms with Crippen LogP contribution in [0.3, 0.4) is 0 Å². The maximum Gasteiger partial charge on any atom is 0.238 e. The molecule has 1 atom stereocenters. The van der Waals surface area contributed by atoms with E-state index in [-0.39, 0.29) is 11.2 Å². The standard InChI is InChI=1S/C17H14ClN3OS/c1-11(17(22)21-15-8-7-13(18)10-19-15)23-16-9-6-12-4-2-3-5-14(12)20-16/h2-11H,1H3,(H,19,21,22). The van der Waals surface area contributed by atoms with Gasteiger partial charge >= 0.3 is 0 Å². The second-order valence-electron chi connectivity index (χ2n) is 4.95. The van der Waals surface area contributed by atoms with E-state index >= 15 is 0 Å². The highest BCUT2D eigenvalue weighted by molar-refractivity contribution is 8.00. The van der Waals surface area contributed by atoms with E-state index in [0.717, 1.165) is 15.9 Å². The van der Waals surface area contributed by atoms with Crippen molar-refractivity contribution in [1.29, 1.82) is 0 Å². The quantitative estimate of drug-likeness (QED) is 0.713. The number of nitrogens with one attached hydrogen (secondary N) is 1. The van der Waals surface area contributed by atoms with Crippen LogP contribution >= 0.6 is 23.4 Å². The highest BCUT2D eigenvalue weighted by Crippen LogP contribution is 2.24. The number of benzene rings is 1. The van der Waals surface area contributed by atoms with Crippen LogP contribution in [0.15, 0.2) is 59.8 Å². The Morgan fingerprint density at radius 3 is 2.78 bits per heavy atom. The Morgan fingerprint density at radius 2 is 2.00 bits per heavy atom. The summed E-state index contributed by atoms with van der Waals surface area (Å²) in [7, 11) is 0. The summed E-state index contributed by atoms with van der Waals surface area (Å²) >= 11 is 7.19. The Labute approximate surface area is 143 Å². The van der Waals surface area contributed by atoms with Crippen molar-refractivity contribution in [1.82, 2.24) is 9.97 Å². The van der Waals surface area contributed by atoms with Gasteiger partial charge in [0.1, 0.15) is 5.82 Å². The van der Waals surface area contributed by atoms with Gasteiger partial charge in [-0.05, 0) is 31.2 Å². The summed E-state index contributed by atoms with van der Waals surface area (Å²) in [5.41, 5.74) is 0.921. The largest absolute Gasteiger partial charge is 0.310 e. The lowest BCUT2D eigenvalue weighted by Crippen LogP contribution is -2.23. The van der Waals surface area contributed by atoms with Crippen LogP contribution in [0.1, 0.15) is 6.92 Å². The van der Waals surface area contributed by atoms with Gasteiger partial charge in [-0.3, -0.25) is 4.79 Å². The lowest BCUT2D eigenvalue weighted by atomic mass is 10.2. The molecule has 1 aromatic carbocycles. The van der Waals surface area contributed by atoms with Crippen molar-refractivity contribution in [3.05, 3.63) is 59.8 Å². The normalized spacial score (nSPS) is 12.1. The van der Waals surface area contributed by atoms with E-state index in [1.165, 1.54) is 18.0 Å². The van der Waals surface area contributed by atoms with E-state index in [9.17, 15) is 4.79 Å². The molecule has 4 nitrogen and oxygen atoms in total. The third-order valence-corrected chi connectivity index (χ3v) is 4.48. The maximum absolute atomic E-state index is 12.2. The monoisotopic (exact) mass is 343 g/mol. The minimum absolute atomic E-state index is 0.125. The summed E-state index contributed by atoms with van der Waals surface area (Å²) in [6.07, 6.45) is 1.50. The van der Waals surface area contributed by atoms with Crippen LogP contribution in [-0.2, 0) is 4.79 Å². The maximum atomic E-state index is 12.2. The van der Waals surface area contributed by atoms with Crippen molar-refractivity contribution >= 4 is 46.0 Å². The first-order valence-electron chi connectivity index (χ1n) is 7.07. The molecule has 3 rings (SSSR count). The van der Waals surface area contributed by atoms with Gasteiger partial charge in [0.05, 0.1) is 20.8 Å². The first-order chi connectivity index (χ1) is 11.1. The van der Waals surface area contributed by atoms with Crippen molar-refractivity contribution in [2.75, 3.05) is 5.32 Å². The Hall–Kier alpha value is -2.11. The minimum Gasteiger partial charge on any atom is -0.310 e. The second kappa shape index (κ2) is 6.98. The van der Waals surface area contributed by atoms with Crippen LogP contribution in [0, 0.1) is 0 Å². The van der Waals surface area contributed by atoms with Gasteiger partial charge < -0.3 is 5.32 Å². The summed E-state index contributed by atoms with van der Waals surface area (Å²) in [6, 6.07) is 15.2. The van der Waals surface area contributed by atoms with Gasteiger partial charge in [-0.15, -0.1) is 0 Å². The molecule has 1 amide bonds. The van der Waals surface area contributed by atoms with Gasteiger partial charge in [0.2, 0.25) is 5.91 Å². The van der Waals surface area contributed by atoms with Crippen LogP contribution < -0.4 is 5.32 Å². The number of carbonyl (C=O) groups excluding carboxylic acids is 1. The lowest BCUT2D eigenvalue weighted by Gasteiger charge is -2.11. The number of fused-ring (bicyclic) bond motifs is 1. The number of hydrogen-bond donors (Lipinski definition) is 1. The third kappa shape index (κ3) is 4.00. The average molecular weight is 344 g/mol. The van der Waals surface area contributed by atoms with Crippen LogP contribution in [0.5, 0.6) is 0 Å². The molecule has 0 aliphatic heterocycles. The number of amides is 1. The molecule has 2 aromatic heterocycles. The predicted molar refractivity (Wildman–Crippen MR) is 94.9 cm³/mol. The highest BCUT2D eigenvalue weighted by Gasteiger charge is 2.16. The number of aromatic nitrogens is 2. The van der Waals surface area contributed by atoms with Crippen molar-refractivity contribution in [3.8, 4) is 0 Å². The van der Waals surface area contributed by atoms with Crippen LogP contribution in [0.25, 0.3) is 10.9 Å². The molecule has 23 heavy (non-hydrogen) atoms. The predicted octanol–water partition coefficient (Wildman–Crippen LogP) is 4.40. The van der Waals surface area contributed by atoms with Crippen molar-refractivity contribution in [2.45, 2.75) is 17.2 Å². The summed E-state index contributed by atoms with van der Waals surface area (Å²) in [5.74, 6) is 0.359. The summed E-state index contributed by atoms with van der Waals surface area (Å²) in [4.78, 5) is 20.9. The number of halogens is 1. The molecule has 116 valence electrons. The molecule has 2 heterocycles. The minimum atomic E-state index is -0.291. The van der Waals surface area contributed by atoms with Gasteiger partial charge in [-0.2, -0.15) is 0 Å². The van der Waals surface area contributed by atoms with E-state index in [0.29, 0.717) is 10.8 Å². The van der Waals surface area contributed by atoms with E-state index in [1.807, 2.05) is 43.3 Å². The zero-order chi connectivity index (χ0) is 16.2. The lowest BCUT2D eigenvalue weighted by molar-refractivity contribution is -0.115. The summed E-state index contributed by atoms with van der Waals surface area (Å²) < 4.78 is 0. The molecule has 0 spiro atoms. The fourth-order valence-electron chi connectivity index (χ4n) is 2.03. The van der Waals surface area contributed by atoms with Crippen molar-refractivity contribution < 1.29 is 4.79 Å². The average Bonchev–Trinajstić information content (AvgIpc) is 2.56.